The van der Waals surface area contributed by atoms with Crippen LogP contribution >= 0.6 is 11.3 Å². The summed E-state index contributed by atoms with van der Waals surface area (Å²) in [6.07, 6.45) is 0. The number of carbonyl (C=O) groups is 1. The second kappa shape index (κ2) is 5.79. The summed E-state index contributed by atoms with van der Waals surface area (Å²) in [5, 5.41) is 6.20. The Balaban J connectivity index is 2.06. The molecule has 0 aliphatic carbocycles. The third kappa shape index (κ3) is 3.29. The van der Waals surface area contributed by atoms with Crippen LogP contribution in [0.15, 0.2) is 17.5 Å². The maximum Gasteiger partial charge on any atom is 0.339 e. The van der Waals surface area contributed by atoms with Crippen molar-refractivity contribution < 1.29 is 9.53 Å². The monoisotopic (exact) mass is 277 g/mol. The van der Waals surface area contributed by atoms with Gasteiger partial charge in [0.2, 0.25) is 0 Å². The molecule has 0 saturated heterocycles. The summed E-state index contributed by atoms with van der Waals surface area (Å²) in [4.78, 5) is 20.1. The molecule has 2 aromatic heterocycles. The number of esters is 1. The van der Waals surface area contributed by atoms with Crippen LogP contribution in [0.5, 0.6) is 0 Å². The average molecular weight is 277 g/mol. The number of pyridine rings is 1. The van der Waals surface area contributed by atoms with E-state index in [0.29, 0.717) is 17.8 Å². The van der Waals surface area contributed by atoms with E-state index in [4.69, 9.17) is 0 Å². The predicted octanol–water partition coefficient (Wildman–Crippen LogP) is 2.55. The number of methoxy groups -OCH3 is 1. The van der Waals surface area contributed by atoms with Gasteiger partial charge >= 0.3 is 5.97 Å². The van der Waals surface area contributed by atoms with Crippen LogP contribution in [0.25, 0.3) is 0 Å². The maximum absolute atomic E-state index is 11.4. The van der Waals surface area contributed by atoms with Crippen LogP contribution in [0, 0.1) is 13.8 Å². The Bertz CT molecular complexity index is 595. The highest BCUT2D eigenvalue weighted by Gasteiger charge is 2.10. The first kappa shape index (κ1) is 13.5. The van der Waals surface area contributed by atoms with Crippen molar-refractivity contribution in [2.24, 2.45) is 0 Å². The molecule has 19 heavy (non-hydrogen) atoms. The molecular formula is C13H15N3O2S. The summed E-state index contributed by atoms with van der Waals surface area (Å²) >= 11 is 1.61. The van der Waals surface area contributed by atoms with Crippen LogP contribution in [0.4, 0.5) is 5.82 Å². The number of nitrogens with zero attached hydrogens (tertiary/aromatic N) is 2. The number of hydrogen-bond donors (Lipinski definition) is 1. The zero-order valence-corrected chi connectivity index (χ0v) is 11.9. The lowest BCUT2D eigenvalue weighted by Gasteiger charge is -2.07. The Morgan fingerprint density at radius 3 is 2.74 bits per heavy atom. The van der Waals surface area contributed by atoms with E-state index < -0.39 is 0 Å². The Morgan fingerprint density at radius 1 is 1.37 bits per heavy atom. The molecular weight excluding hydrogens is 262 g/mol. The molecule has 2 heterocycles. The van der Waals surface area contributed by atoms with E-state index in [1.54, 1.807) is 30.4 Å². The number of thiazole rings is 1. The fourth-order valence-electron chi connectivity index (χ4n) is 1.64. The van der Waals surface area contributed by atoms with Gasteiger partial charge in [0, 0.05) is 11.1 Å². The van der Waals surface area contributed by atoms with Gasteiger partial charge in [0.05, 0.1) is 24.9 Å². The topological polar surface area (TPSA) is 64.1 Å². The van der Waals surface area contributed by atoms with Gasteiger partial charge < -0.3 is 10.1 Å². The highest BCUT2D eigenvalue weighted by atomic mass is 32.1. The third-order valence-corrected chi connectivity index (χ3v) is 3.55. The summed E-state index contributed by atoms with van der Waals surface area (Å²) < 4.78 is 4.68. The van der Waals surface area contributed by atoms with Crippen LogP contribution in [0.2, 0.25) is 0 Å². The van der Waals surface area contributed by atoms with Gasteiger partial charge in [-0.05, 0) is 26.0 Å². The van der Waals surface area contributed by atoms with Gasteiger partial charge in [-0.3, -0.25) is 0 Å². The molecule has 0 aliphatic heterocycles. The van der Waals surface area contributed by atoms with Crippen LogP contribution in [0.1, 0.15) is 26.8 Å². The Kier molecular flexibility index (Phi) is 4.11. The number of hydrogen-bond acceptors (Lipinski definition) is 6. The van der Waals surface area contributed by atoms with Crippen LogP contribution < -0.4 is 5.32 Å². The van der Waals surface area contributed by atoms with E-state index in [1.807, 2.05) is 12.3 Å². The highest BCUT2D eigenvalue weighted by molar-refractivity contribution is 7.09. The van der Waals surface area contributed by atoms with E-state index in [9.17, 15) is 4.79 Å². The van der Waals surface area contributed by atoms with Crippen LogP contribution in [-0.4, -0.2) is 23.0 Å². The Hall–Kier alpha value is -1.95. The molecule has 0 radical (unpaired) electrons. The van der Waals surface area contributed by atoms with Gasteiger partial charge in [0.15, 0.2) is 0 Å². The molecule has 1 N–H and O–H groups in total. The lowest BCUT2D eigenvalue weighted by atomic mass is 10.2. The van der Waals surface area contributed by atoms with Crippen molar-refractivity contribution in [3.8, 4) is 0 Å². The molecule has 0 fully saturated rings. The number of nitrogens with one attached hydrogen (secondary N) is 1. The fourth-order valence-corrected chi connectivity index (χ4v) is 2.35. The van der Waals surface area contributed by atoms with E-state index in [0.717, 1.165) is 16.5 Å². The minimum Gasteiger partial charge on any atom is -0.465 e. The van der Waals surface area contributed by atoms with E-state index in [1.165, 1.54) is 7.11 Å². The standard InChI is InChI=1S/C13H15N3O2S/c1-8-7-19-12(15-8)6-14-11-5-4-10(9(2)16-11)13(17)18-3/h4-5,7H,6H2,1-3H3,(H,14,16). The van der Waals surface area contributed by atoms with Gasteiger partial charge in [-0.25, -0.2) is 14.8 Å². The average Bonchev–Trinajstić information content (AvgIpc) is 2.81. The van der Waals surface area contributed by atoms with Crippen molar-refractivity contribution in [3.63, 3.8) is 0 Å². The lowest BCUT2D eigenvalue weighted by Crippen LogP contribution is -2.07. The van der Waals surface area contributed by atoms with E-state index in [-0.39, 0.29) is 5.97 Å². The molecule has 100 valence electrons. The van der Waals surface area contributed by atoms with Crippen molar-refractivity contribution in [2.75, 3.05) is 12.4 Å². The highest BCUT2D eigenvalue weighted by Crippen LogP contribution is 2.14. The lowest BCUT2D eigenvalue weighted by molar-refractivity contribution is 0.0599. The Labute approximate surface area is 115 Å². The minimum atomic E-state index is -0.368. The number of aryl methyl sites for hydroxylation is 2. The van der Waals surface area contributed by atoms with Crippen molar-refractivity contribution in [3.05, 3.63) is 39.5 Å². The molecule has 0 aliphatic rings. The number of anilines is 1. The van der Waals surface area contributed by atoms with E-state index in [2.05, 4.69) is 20.0 Å². The van der Waals surface area contributed by atoms with Gasteiger partial charge in [0.25, 0.3) is 0 Å². The summed E-state index contributed by atoms with van der Waals surface area (Å²) in [5.41, 5.74) is 2.15. The van der Waals surface area contributed by atoms with Crippen LogP contribution in [-0.2, 0) is 11.3 Å². The zero-order chi connectivity index (χ0) is 13.8. The molecule has 2 aromatic rings. The summed E-state index contributed by atoms with van der Waals surface area (Å²) in [6.45, 7) is 4.38. The Morgan fingerprint density at radius 2 is 2.16 bits per heavy atom. The number of carbonyl (C=O) groups excluding carboxylic acids is 1. The fraction of sp³-hybridized carbons (Fsp3) is 0.308. The third-order valence-electron chi connectivity index (χ3n) is 2.58. The molecule has 0 bridgehead atoms. The number of aromatic nitrogens is 2. The molecule has 0 spiro atoms. The molecule has 0 atom stereocenters. The normalized spacial score (nSPS) is 10.3. The SMILES string of the molecule is COC(=O)c1ccc(NCc2nc(C)cs2)nc1C. The van der Waals surface area contributed by atoms with Crippen molar-refractivity contribution in [1.29, 1.82) is 0 Å². The second-order valence-electron chi connectivity index (χ2n) is 4.06. The van der Waals surface area contributed by atoms with Gasteiger partial charge in [-0.1, -0.05) is 0 Å². The quantitative estimate of drug-likeness (QED) is 0.870. The van der Waals surface area contributed by atoms with Crippen molar-refractivity contribution >= 4 is 23.1 Å². The molecule has 0 unspecified atom stereocenters. The van der Waals surface area contributed by atoms with Crippen LogP contribution in [0.3, 0.4) is 0 Å². The predicted molar refractivity (Wildman–Crippen MR) is 74.5 cm³/mol. The second-order valence-corrected chi connectivity index (χ2v) is 5.00. The molecule has 0 amide bonds. The van der Waals surface area contributed by atoms with Crippen molar-refractivity contribution in [1.82, 2.24) is 9.97 Å². The summed E-state index contributed by atoms with van der Waals surface area (Å²) in [6, 6.07) is 3.48. The number of ether oxygens (including phenoxy) is 1. The molecule has 6 heteroatoms. The number of rotatable bonds is 4. The van der Waals surface area contributed by atoms with Crippen molar-refractivity contribution in [2.45, 2.75) is 20.4 Å². The summed E-state index contributed by atoms with van der Waals surface area (Å²) in [5.74, 6) is 0.352. The maximum atomic E-state index is 11.4. The first-order valence-corrected chi connectivity index (χ1v) is 6.69. The first-order valence-electron chi connectivity index (χ1n) is 5.81. The van der Waals surface area contributed by atoms with Gasteiger partial charge in [0.1, 0.15) is 10.8 Å². The summed E-state index contributed by atoms with van der Waals surface area (Å²) in [7, 11) is 1.36. The molecule has 0 saturated carbocycles. The minimum absolute atomic E-state index is 0.368. The zero-order valence-electron chi connectivity index (χ0n) is 11.1. The van der Waals surface area contributed by atoms with E-state index >= 15 is 0 Å². The molecule has 2 rings (SSSR count). The van der Waals surface area contributed by atoms with Gasteiger partial charge in [-0.15, -0.1) is 11.3 Å². The molecule has 0 aromatic carbocycles. The first-order chi connectivity index (χ1) is 9.10. The molecule has 5 nitrogen and oxygen atoms in total. The smallest absolute Gasteiger partial charge is 0.339 e. The van der Waals surface area contributed by atoms with Gasteiger partial charge in [-0.2, -0.15) is 0 Å². The largest absolute Gasteiger partial charge is 0.465 e.